The highest BCUT2D eigenvalue weighted by Crippen LogP contribution is 2.21. The summed E-state index contributed by atoms with van der Waals surface area (Å²) in [5.41, 5.74) is 0. The zero-order valence-corrected chi connectivity index (χ0v) is 13.5. The first-order valence-electron chi connectivity index (χ1n) is 6.89. The number of hydrogen-bond donors (Lipinski definition) is 1. The minimum absolute atomic E-state index is 0.00353. The molecule has 1 saturated heterocycles. The van der Waals surface area contributed by atoms with Crippen molar-refractivity contribution in [1.82, 2.24) is 5.32 Å². The van der Waals surface area contributed by atoms with Crippen molar-refractivity contribution < 1.29 is 13.2 Å². The molecule has 0 aromatic carbocycles. The van der Waals surface area contributed by atoms with Gasteiger partial charge in [-0.1, -0.05) is 0 Å². The molecule has 6 heteroatoms. The molecule has 1 N–H and O–H groups in total. The highest BCUT2D eigenvalue weighted by atomic mass is 32.2. The quantitative estimate of drug-likeness (QED) is 0.903. The van der Waals surface area contributed by atoms with Crippen LogP contribution < -0.4 is 5.32 Å². The highest BCUT2D eigenvalue weighted by Gasteiger charge is 2.29. The smallest absolute Gasteiger partial charge is 0.220 e. The average Bonchev–Trinajstić information content (AvgIpc) is 2.84. The minimum Gasteiger partial charge on any atom is -0.353 e. The van der Waals surface area contributed by atoms with Crippen LogP contribution in [-0.4, -0.2) is 31.9 Å². The van der Waals surface area contributed by atoms with E-state index >= 15 is 0 Å². The number of amides is 1. The van der Waals surface area contributed by atoms with Gasteiger partial charge in [-0.2, -0.15) is 0 Å². The first-order chi connectivity index (χ1) is 9.34. The lowest BCUT2D eigenvalue weighted by Gasteiger charge is -2.14. The molecule has 1 fully saturated rings. The SMILES string of the molecule is Cc1ccc(C[C@H](C)NC(=O)C[C@H]2CCS(=O)(=O)C2)s1. The van der Waals surface area contributed by atoms with Crippen LogP contribution in [0.25, 0.3) is 0 Å². The molecule has 20 heavy (non-hydrogen) atoms. The summed E-state index contributed by atoms with van der Waals surface area (Å²) in [5.74, 6) is 0.359. The van der Waals surface area contributed by atoms with Crippen LogP contribution in [0, 0.1) is 12.8 Å². The van der Waals surface area contributed by atoms with Gasteiger partial charge in [0.25, 0.3) is 0 Å². The molecule has 0 radical (unpaired) electrons. The van der Waals surface area contributed by atoms with E-state index in [2.05, 4.69) is 24.4 Å². The van der Waals surface area contributed by atoms with Crippen molar-refractivity contribution in [3.63, 3.8) is 0 Å². The molecule has 0 unspecified atom stereocenters. The summed E-state index contributed by atoms with van der Waals surface area (Å²) < 4.78 is 22.7. The van der Waals surface area contributed by atoms with Crippen molar-refractivity contribution in [3.05, 3.63) is 21.9 Å². The maximum atomic E-state index is 11.9. The lowest BCUT2D eigenvalue weighted by molar-refractivity contribution is -0.122. The van der Waals surface area contributed by atoms with Crippen LogP contribution in [0.4, 0.5) is 0 Å². The van der Waals surface area contributed by atoms with Crippen molar-refractivity contribution >= 4 is 27.1 Å². The zero-order valence-electron chi connectivity index (χ0n) is 11.9. The molecule has 1 aliphatic heterocycles. The Hall–Kier alpha value is -0.880. The minimum atomic E-state index is -2.89. The molecule has 2 rings (SSSR count). The standard InChI is InChI=1S/C14H21NO3S2/c1-10(7-13-4-3-11(2)19-13)15-14(16)8-12-5-6-20(17,18)9-12/h3-4,10,12H,5-9H2,1-2H3,(H,15,16)/t10-,12+/m0/s1. The summed E-state index contributed by atoms with van der Waals surface area (Å²) >= 11 is 1.75. The first-order valence-corrected chi connectivity index (χ1v) is 9.53. The Morgan fingerprint density at radius 2 is 2.25 bits per heavy atom. The fourth-order valence-corrected chi connectivity index (χ4v) is 5.46. The molecule has 1 aromatic heterocycles. The van der Waals surface area contributed by atoms with E-state index in [0.29, 0.717) is 12.8 Å². The van der Waals surface area contributed by atoms with Crippen molar-refractivity contribution in [3.8, 4) is 0 Å². The third-order valence-electron chi connectivity index (χ3n) is 3.51. The van der Waals surface area contributed by atoms with Gasteiger partial charge in [0, 0.05) is 28.6 Å². The summed E-state index contributed by atoms with van der Waals surface area (Å²) in [6, 6.07) is 4.25. The molecule has 2 heterocycles. The van der Waals surface area contributed by atoms with E-state index < -0.39 is 9.84 Å². The van der Waals surface area contributed by atoms with Crippen LogP contribution in [0.5, 0.6) is 0 Å². The van der Waals surface area contributed by atoms with Crippen molar-refractivity contribution in [1.29, 1.82) is 0 Å². The van der Waals surface area contributed by atoms with E-state index in [9.17, 15) is 13.2 Å². The van der Waals surface area contributed by atoms with Gasteiger partial charge in [-0.3, -0.25) is 4.79 Å². The molecule has 0 spiro atoms. The van der Waals surface area contributed by atoms with Crippen molar-refractivity contribution in [2.75, 3.05) is 11.5 Å². The van der Waals surface area contributed by atoms with Crippen molar-refractivity contribution in [2.45, 2.75) is 39.2 Å². The van der Waals surface area contributed by atoms with Crippen LogP contribution in [-0.2, 0) is 21.1 Å². The Morgan fingerprint density at radius 1 is 1.50 bits per heavy atom. The van der Waals surface area contributed by atoms with Gasteiger partial charge in [0.2, 0.25) is 5.91 Å². The second kappa shape index (κ2) is 6.26. The topological polar surface area (TPSA) is 63.2 Å². The molecule has 0 aliphatic carbocycles. The van der Waals surface area contributed by atoms with Crippen LogP contribution in [0.3, 0.4) is 0 Å². The summed E-state index contributed by atoms with van der Waals surface area (Å²) in [5, 5.41) is 2.96. The van der Waals surface area contributed by atoms with E-state index in [4.69, 9.17) is 0 Å². The number of rotatable bonds is 5. The van der Waals surface area contributed by atoms with Gasteiger partial charge in [0.1, 0.15) is 0 Å². The number of thiophene rings is 1. The molecule has 1 aliphatic rings. The Balaban J connectivity index is 1.77. The zero-order chi connectivity index (χ0) is 14.8. The number of carbonyl (C=O) groups excluding carboxylic acids is 1. The number of carbonyl (C=O) groups is 1. The molecule has 1 aromatic rings. The summed E-state index contributed by atoms with van der Waals surface area (Å²) in [6.07, 6.45) is 1.77. The third-order valence-corrected chi connectivity index (χ3v) is 6.37. The molecule has 0 saturated carbocycles. The molecular weight excluding hydrogens is 294 g/mol. The first kappa shape index (κ1) is 15.5. The third kappa shape index (κ3) is 4.59. The number of hydrogen-bond acceptors (Lipinski definition) is 4. The van der Waals surface area contributed by atoms with E-state index in [-0.39, 0.29) is 29.4 Å². The maximum Gasteiger partial charge on any atom is 0.220 e. The van der Waals surface area contributed by atoms with Crippen LogP contribution >= 0.6 is 11.3 Å². The molecular formula is C14H21NO3S2. The number of sulfone groups is 1. The largest absolute Gasteiger partial charge is 0.353 e. The Bertz CT molecular complexity index is 577. The highest BCUT2D eigenvalue weighted by molar-refractivity contribution is 7.91. The molecule has 0 bridgehead atoms. The van der Waals surface area contributed by atoms with Gasteiger partial charge in [-0.15, -0.1) is 11.3 Å². The van der Waals surface area contributed by atoms with Gasteiger partial charge < -0.3 is 5.32 Å². The Labute approximate surface area is 124 Å². The molecule has 4 nitrogen and oxygen atoms in total. The summed E-state index contributed by atoms with van der Waals surface area (Å²) in [7, 11) is -2.89. The predicted octanol–water partition coefficient (Wildman–Crippen LogP) is 1.93. The van der Waals surface area contributed by atoms with Gasteiger partial charge in [0.15, 0.2) is 9.84 Å². The Morgan fingerprint density at radius 3 is 2.80 bits per heavy atom. The van der Waals surface area contributed by atoms with Crippen LogP contribution in [0.15, 0.2) is 12.1 Å². The van der Waals surface area contributed by atoms with Crippen LogP contribution in [0.2, 0.25) is 0 Å². The van der Waals surface area contributed by atoms with E-state index in [1.54, 1.807) is 11.3 Å². The lowest BCUT2D eigenvalue weighted by Crippen LogP contribution is -2.35. The van der Waals surface area contributed by atoms with Gasteiger partial charge in [-0.25, -0.2) is 8.42 Å². The van der Waals surface area contributed by atoms with Gasteiger partial charge >= 0.3 is 0 Å². The normalized spacial score (nSPS) is 22.6. The predicted molar refractivity (Wildman–Crippen MR) is 81.7 cm³/mol. The van der Waals surface area contributed by atoms with Crippen molar-refractivity contribution in [2.24, 2.45) is 5.92 Å². The second-order valence-corrected chi connectivity index (χ2v) is 9.26. The molecule has 112 valence electrons. The number of nitrogens with one attached hydrogen (secondary N) is 1. The fourth-order valence-electron chi connectivity index (χ4n) is 2.58. The van der Waals surface area contributed by atoms with E-state index in [1.807, 2.05) is 6.92 Å². The van der Waals surface area contributed by atoms with E-state index in [1.165, 1.54) is 9.75 Å². The lowest BCUT2D eigenvalue weighted by atomic mass is 10.0. The van der Waals surface area contributed by atoms with Gasteiger partial charge in [-0.05, 0) is 38.3 Å². The van der Waals surface area contributed by atoms with Crippen LogP contribution in [0.1, 0.15) is 29.5 Å². The monoisotopic (exact) mass is 315 g/mol. The van der Waals surface area contributed by atoms with Gasteiger partial charge in [0.05, 0.1) is 11.5 Å². The van der Waals surface area contributed by atoms with E-state index in [0.717, 1.165) is 6.42 Å². The Kier molecular flexibility index (Phi) is 4.86. The fraction of sp³-hybridized carbons (Fsp3) is 0.643. The molecule has 2 atom stereocenters. The molecule has 1 amide bonds. The average molecular weight is 315 g/mol. The summed E-state index contributed by atoms with van der Waals surface area (Å²) in [6.45, 7) is 4.05. The maximum absolute atomic E-state index is 11.9. The summed E-state index contributed by atoms with van der Waals surface area (Å²) in [4.78, 5) is 14.4. The number of aryl methyl sites for hydroxylation is 1. The second-order valence-electron chi connectivity index (χ2n) is 5.66.